The minimum atomic E-state index is -4.70. The molecule has 30 heavy (non-hydrogen) atoms. The number of aryl methyl sites for hydroxylation is 1. The van der Waals surface area contributed by atoms with Crippen molar-refractivity contribution in [1.29, 1.82) is 0 Å². The molecule has 0 spiro atoms. The molecule has 2 fully saturated rings. The van der Waals surface area contributed by atoms with Gasteiger partial charge in [0, 0.05) is 51.0 Å². The zero-order chi connectivity index (χ0) is 21.6. The van der Waals surface area contributed by atoms with Crippen LogP contribution in [0.3, 0.4) is 0 Å². The molecule has 7 nitrogen and oxygen atoms in total. The Labute approximate surface area is 173 Å². The van der Waals surface area contributed by atoms with Crippen LogP contribution >= 0.6 is 0 Å². The normalized spacial score (nSPS) is 21.1. The van der Waals surface area contributed by atoms with E-state index in [1.54, 1.807) is 27.9 Å². The van der Waals surface area contributed by atoms with Crippen LogP contribution in [0.1, 0.15) is 24.3 Å². The van der Waals surface area contributed by atoms with Crippen LogP contribution in [0.4, 0.5) is 18.0 Å². The van der Waals surface area contributed by atoms with Crippen molar-refractivity contribution in [2.45, 2.75) is 31.2 Å². The molecule has 2 aromatic rings. The van der Waals surface area contributed by atoms with Crippen molar-refractivity contribution in [3.8, 4) is 5.75 Å². The van der Waals surface area contributed by atoms with Crippen LogP contribution in [0, 0.1) is 0 Å². The van der Waals surface area contributed by atoms with Crippen molar-refractivity contribution >= 4 is 6.03 Å². The molecule has 3 heterocycles. The molecule has 4 rings (SSSR count). The summed E-state index contributed by atoms with van der Waals surface area (Å²) in [5.74, 6) is -0.200. The zero-order valence-electron chi connectivity index (χ0n) is 16.7. The van der Waals surface area contributed by atoms with Gasteiger partial charge in [-0.05, 0) is 43.1 Å². The molecule has 10 heteroatoms. The molecular formula is C20H26F3N5O2. The molecule has 2 N–H and O–H groups in total. The lowest BCUT2D eigenvalue weighted by atomic mass is 9.98. The number of likely N-dealkylation sites (tertiary alicyclic amines) is 1. The predicted molar refractivity (Wildman–Crippen MR) is 105 cm³/mol. The van der Waals surface area contributed by atoms with E-state index in [0.717, 1.165) is 31.5 Å². The average molecular weight is 425 g/mol. The Morgan fingerprint density at radius 2 is 2.13 bits per heavy atom. The second-order valence-corrected chi connectivity index (χ2v) is 7.37. The zero-order valence-corrected chi connectivity index (χ0v) is 16.7. The number of aromatic nitrogens is 2. The number of benzene rings is 1. The van der Waals surface area contributed by atoms with Crippen molar-refractivity contribution < 1.29 is 22.7 Å². The summed E-state index contributed by atoms with van der Waals surface area (Å²) in [6, 6.07) is 7.94. The topological polar surface area (TPSA) is 71.4 Å². The number of urea groups is 1. The Kier molecular flexibility index (Phi) is 7.20. The molecule has 1 aromatic carbocycles. The molecule has 2 unspecified atom stereocenters. The second-order valence-electron chi connectivity index (χ2n) is 7.37. The van der Waals surface area contributed by atoms with E-state index in [4.69, 9.17) is 0 Å². The van der Waals surface area contributed by atoms with E-state index in [9.17, 15) is 18.0 Å². The number of ether oxygens (including phenoxy) is 1. The SMILES string of the molecule is Cn1cccn1.O=C(NC1CCNC1)N1CCC(c2cccc(OC(F)(F)F)c2)C1. The van der Waals surface area contributed by atoms with Crippen molar-refractivity contribution in [3.63, 3.8) is 0 Å². The van der Waals surface area contributed by atoms with Crippen LogP contribution in [-0.4, -0.2) is 59.3 Å². The Morgan fingerprint density at radius 1 is 1.30 bits per heavy atom. The smallest absolute Gasteiger partial charge is 0.406 e. The molecule has 2 aliphatic rings. The third-order valence-electron chi connectivity index (χ3n) is 5.06. The van der Waals surface area contributed by atoms with Crippen LogP contribution in [0.5, 0.6) is 5.75 Å². The highest BCUT2D eigenvalue weighted by Crippen LogP contribution is 2.31. The van der Waals surface area contributed by atoms with Crippen LogP contribution < -0.4 is 15.4 Å². The Hall–Kier alpha value is -2.75. The maximum absolute atomic E-state index is 12.3. The molecule has 2 saturated heterocycles. The fourth-order valence-electron chi connectivity index (χ4n) is 3.57. The van der Waals surface area contributed by atoms with Crippen molar-refractivity contribution in [2.24, 2.45) is 7.05 Å². The van der Waals surface area contributed by atoms with Gasteiger partial charge in [0.25, 0.3) is 0 Å². The summed E-state index contributed by atoms with van der Waals surface area (Å²) < 4.78 is 42.7. The van der Waals surface area contributed by atoms with Crippen molar-refractivity contribution in [2.75, 3.05) is 26.2 Å². The molecule has 0 saturated carbocycles. The van der Waals surface area contributed by atoms with Crippen LogP contribution in [0.25, 0.3) is 0 Å². The van der Waals surface area contributed by atoms with Gasteiger partial charge in [-0.2, -0.15) is 5.10 Å². The summed E-state index contributed by atoms with van der Waals surface area (Å²) >= 11 is 0. The molecule has 1 aromatic heterocycles. The first-order chi connectivity index (χ1) is 14.3. The minimum absolute atomic E-state index is 0.0224. The number of nitrogens with one attached hydrogen (secondary N) is 2. The lowest BCUT2D eigenvalue weighted by Crippen LogP contribution is -2.44. The molecule has 164 valence electrons. The van der Waals surface area contributed by atoms with Gasteiger partial charge in [-0.3, -0.25) is 4.68 Å². The van der Waals surface area contributed by atoms with E-state index in [1.807, 2.05) is 19.3 Å². The van der Waals surface area contributed by atoms with Crippen molar-refractivity contribution in [3.05, 3.63) is 48.3 Å². The summed E-state index contributed by atoms with van der Waals surface area (Å²) in [5, 5.41) is 10.0. The highest BCUT2D eigenvalue weighted by molar-refractivity contribution is 5.75. The third-order valence-corrected chi connectivity index (χ3v) is 5.06. The largest absolute Gasteiger partial charge is 0.573 e. The predicted octanol–water partition coefficient (Wildman–Crippen LogP) is 2.87. The number of rotatable bonds is 3. The van der Waals surface area contributed by atoms with Gasteiger partial charge in [-0.25, -0.2) is 4.79 Å². The average Bonchev–Trinajstić information content (AvgIpc) is 3.44. The molecule has 2 atom stereocenters. The first-order valence-corrected chi connectivity index (χ1v) is 9.85. The van der Waals surface area contributed by atoms with E-state index >= 15 is 0 Å². The highest BCUT2D eigenvalue weighted by atomic mass is 19.4. The van der Waals surface area contributed by atoms with Crippen LogP contribution in [0.15, 0.2) is 42.7 Å². The van der Waals surface area contributed by atoms with E-state index in [1.165, 1.54) is 12.1 Å². The molecule has 0 bridgehead atoms. The number of alkyl halides is 3. The van der Waals surface area contributed by atoms with Gasteiger partial charge in [0.2, 0.25) is 0 Å². The van der Waals surface area contributed by atoms with Gasteiger partial charge in [0.15, 0.2) is 0 Å². The number of nitrogens with zero attached hydrogens (tertiary/aromatic N) is 3. The number of amides is 2. The summed E-state index contributed by atoms with van der Waals surface area (Å²) in [7, 11) is 1.89. The second kappa shape index (κ2) is 9.84. The lowest BCUT2D eigenvalue weighted by molar-refractivity contribution is -0.274. The summed E-state index contributed by atoms with van der Waals surface area (Å²) in [6.45, 7) is 2.78. The lowest BCUT2D eigenvalue weighted by Gasteiger charge is -2.20. The number of carbonyl (C=O) groups is 1. The minimum Gasteiger partial charge on any atom is -0.406 e. The monoisotopic (exact) mass is 425 g/mol. The number of halogens is 3. The summed E-state index contributed by atoms with van der Waals surface area (Å²) in [4.78, 5) is 14.0. The Morgan fingerprint density at radius 3 is 2.73 bits per heavy atom. The summed E-state index contributed by atoms with van der Waals surface area (Å²) in [6.07, 6.45) is 0.585. The van der Waals surface area contributed by atoms with E-state index < -0.39 is 6.36 Å². The number of hydrogen-bond donors (Lipinski definition) is 2. The number of hydrogen-bond acceptors (Lipinski definition) is 4. The van der Waals surface area contributed by atoms with E-state index in [-0.39, 0.29) is 23.7 Å². The quantitative estimate of drug-likeness (QED) is 0.794. The first kappa shape index (κ1) is 21.9. The third kappa shape index (κ3) is 6.65. The van der Waals surface area contributed by atoms with Crippen LogP contribution in [0.2, 0.25) is 0 Å². The Balaban J connectivity index is 0.000000367. The fraction of sp³-hybridized carbons (Fsp3) is 0.500. The van der Waals surface area contributed by atoms with E-state index in [0.29, 0.717) is 13.1 Å². The Bertz CT molecular complexity index is 807. The molecule has 2 amide bonds. The van der Waals surface area contributed by atoms with Gasteiger partial charge in [-0.1, -0.05) is 12.1 Å². The maximum atomic E-state index is 12.3. The van der Waals surface area contributed by atoms with Gasteiger partial charge >= 0.3 is 12.4 Å². The van der Waals surface area contributed by atoms with Gasteiger partial charge in [-0.15, -0.1) is 13.2 Å². The van der Waals surface area contributed by atoms with Gasteiger partial charge in [0.05, 0.1) is 0 Å². The number of carbonyl (C=O) groups excluding carboxylic acids is 1. The molecule has 2 aliphatic heterocycles. The molecule has 0 radical (unpaired) electrons. The first-order valence-electron chi connectivity index (χ1n) is 9.85. The standard InChI is InChI=1S/C16H20F3N3O2.C4H6N2/c17-16(18,19)24-14-3-1-2-11(8-14)12-5-7-22(10-12)15(23)21-13-4-6-20-9-13;1-6-4-2-3-5-6/h1-3,8,12-13,20H,4-7,9-10H2,(H,21,23);2-4H,1H3. The molecule has 0 aliphatic carbocycles. The van der Waals surface area contributed by atoms with E-state index in [2.05, 4.69) is 20.5 Å². The van der Waals surface area contributed by atoms with Crippen molar-refractivity contribution in [1.82, 2.24) is 25.3 Å². The fourth-order valence-corrected chi connectivity index (χ4v) is 3.57. The van der Waals surface area contributed by atoms with Crippen LogP contribution in [-0.2, 0) is 7.05 Å². The van der Waals surface area contributed by atoms with Gasteiger partial charge < -0.3 is 20.3 Å². The van der Waals surface area contributed by atoms with Gasteiger partial charge in [0.1, 0.15) is 5.75 Å². The highest BCUT2D eigenvalue weighted by Gasteiger charge is 2.32. The molecular weight excluding hydrogens is 399 g/mol. The summed E-state index contributed by atoms with van der Waals surface area (Å²) in [5.41, 5.74) is 0.759. The maximum Gasteiger partial charge on any atom is 0.573 e.